The standard InChI is InChI=1S/C24H28N2O5/c1-16(2)30-20-10-4-17(5-11-20)21(27)14-25-23(28)12-13-24-26-15-22(31-24)18-6-8-19(29-3)9-7-18/h4-11,15-16,21,27H,12-14H2,1-3H3,(H,25,28). The lowest BCUT2D eigenvalue weighted by Crippen LogP contribution is -2.28. The third-order valence-corrected chi connectivity index (χ3v) is 4.62. The predicted molar refractivity (Wildman–Crippen MR) is 117 cm³/mol. The van der Waals surface area contributed by atoms with E-state index in [0.29, 0.717) is 23.6 Å². The maximum atomic E-state index is 12.1. The number of hydrogen-bond acceptors (Lipinski definition) is 6. The Morgan fingerprint density at radius 1 is 1.10 bits per heavy atom. The van der Waals surface area contributed by atoms with Crippen molar-refractivity contribution in [1.82, 2.24) is 10.3 Å². The smallest absolute Gasteiger partial charge is 0.220 e. The molecule has 1 unspecified atom stereocenters. The van der Waals surface area contributed by atoms with Crippen LogP contribution >= 0.6 is 0 Å². The minimum atomic E-state index is -0.791. The Kier molecular flexibility index (Phi) is 7.67. The maximum absolute atomic E-state index is 12.1. The van der Waals surface area contributed by atoms with Gasteiger partial charge in [-0.15, -0.1) is 0 Å². The van der Waals surface area contributed by atoms with E-state index < -0.39 is 6.10 Å². The number of aliphatic hydroxyl groups is 1. The fourth-order valence-electron chi connectivity index (χ4n) is 2.99. The minimum Gasteiger partial charge on any atom is -0.497 e. The highest BCUT2D eigenvalue weighted by Crippen LogP contribution is 2.23. The number of carbonyl (C=O) groups is 1. The fraction of sp³-hybridized carbons (Fsp3) is 0.333. The summed E-state index contributed by atoms with van der Waals surface area (Å²) in [6.45, 7) is 4.04. The van der Waals surface area contributed by atoms with Gasteiger partial charge in [-0.3, -0.25) is 4.79 Å². The molecule has 0 fully saturated rings. The molecule has 1 aromatic heterocycles. The van der Waals surface area contributed by atoms with E-state index in [0.717, 1.165) is 17.1 Å². The summed E-state index contributed by atoms with van der Waals surface area (Å²) in [5, 5.41) is 13.0. The van der Waals surface area contributed by atoms with Gasteiger partial charge in [0.15, 0.2) is 11.7 Å². The van der Waals surface area contributed by atoms with E-state index in [2.05, 4.69) is 10.3 Å². The number of nitrogens with one attached hydrogen (secondary N) is 1. The van der Waals surface area contributed by atoms with Crippen molar-refractivity contribution in [2.75, 3.05) is 13.7 Å². The van der Waals surface area contributed by atoms with Gasteiger partial charge in [0.2, 0.25) is 5.91 Å². The number of nitrogens with zero attached hydrogens (tertiary/aromatic N) is 1. The molecule has 0 radical (unpaired) electrons. The molecule has 0 spiro atoms. The molecule has 164 valence electrons. The number of aryl methyl sites for hydroxylation is 1. The lowest BCUT2D eigenvalue weighted by molar-refractivity contribution is -0.121. The average molecular weight is 424 g/mol. The predicted octanol–water partition coefficient (Wildman–Crippen LogP) is 3.92. The maximum Gasteiger partial charge on any atom is 0.220 e. The molecule has 0 aliphatic heterocycles. The summed E-state index contributed by atoms with van der Waals surface area (Å²) in [7, 11) is 1.62. The summed E-state index contributed by atoms with van der Waals surface area (Å²) in [4.78, 5) is 16.4. The van der Waals surface area contributed by atoms with Crippen LogP contribution in [0.5, 0.6) is 11.5 Å². The van der Waals surface area contributed by atoms with Crippen LogP contribution in [0.4, 0.5) is 0 Å². The molecule has 31 heavy (non-hydrogen) atoms. The van der Waals surface area contributed by atoms with Crippen molar-refractivity contribution < 1.29 is 23.8 Å². The molecule has 2 aromatic carbocycles. The second kappa shape index (κ2) is 10.6. The van der Waals surface area contributed by atoms with Crippen LogP contribution in [0, 0.1) is 0 Å². The number of aromatic nitrogens is 1. The topological polar surface area (TPSA) is 93.8 Å². The Hall–Kier alpha value is -3.32. The molecular weight excluding hydrogens is 396 g/mol. The van der Waals surface area contributed by atoms with Crippen molar-refractivity contribution >= 4 is 5.91 Å². The number of carbonyl (C=O) groups excluding carboxylic acids is 1. The number of rotatable bonds is 10. The number of amides is 1. The molecule has 3 aromatic rings. The molecule has 1 atom stereocenters. The Morgan fingerprint density at radius 3 is 2.42 bits per heavy atom. The van der Waals surface area contributed by atoms with E-state index in [1.165, 1.54) is 0 Å². The van der Waals surface area contributed by atoms with Crippen LogP contribution in [0.15, 0.2) is 59.1 Å². The Labute approximate surface area is 182 Å². The normalized spacial score (nSPS) is 11.9. The van der Waals surface area contributed by atoms with Crippen LogP contribution in [0.1, 0.15) is 37.8 Å². The zero-order chi connectivity index (χ0) is 22.2. The number of oxazole rings is 1. The van der Waals surface area contributed by atoms with Gasteiger partial charge in [-0.2, -0.15) is 0 Å². The van der Waals surface area contributed by atoms with Gasteiger partial charge in [0.05, 0.1) is 25.5 Å². The summed E-state index contributed by atoms with van der Waals surface area (Å²) in [6.07, 6.45) is 1.53. The SMILES string of the molecule is COc1ccc(-c2cnc(CCC(=O)NCC(O)c3ccc(OC(C)C)cc3)o2)cc1. The largest absolute Gasteiger partial charge is 0.497 e. The third-order valence-electron chi connectivity index (χ3n) is 4.62. The molecule has 1 amide bonds. The fourth-order valence-corrected chi connectivity index (χ4v) is 2.99. The molecule has 0 aliphatic carbocycles. The van der Waals surface area contributed by atoms with Crippen LogP contribution < -0.4 is 14.8 Å². The van der Waals surface area contributed by atoms with E-state index in [1.807, 2.05) is 50.2 Å². The van der Waals surface area contributed by atoms with Gasteiger partial charge >= 0.3 is 0 Å². The van der Waals surface area contributed by atoms with Crippen molar-refractivity contribution in [2.24, 2.45) is 0 Å². The minimum absolute atomic E-state index is 0.0889. The van der Waals surface area contributed by atoms with E-state index in [-0.39, 0.29) is 25.0 Å². The highest BCUT2D eigenvalue weighted by atomic mass is 16.5. The second-order valence-electron chi connectivity index (χ2n) is 7.40. The number of hydrogen-bond donors (Lipinski definition) is 2. The van der Waals surface area contributed by atoms with Crippen molar-refractivity contribution in [2.45, 2.75) is 38.9 Å². The van der Waals surface area contributed by atoms with Crippen molar-refractivity contribution in [3.63, 3.8) is 0 Å². The first-order valence-electron chi connectivity index (χ1n) is 10.2. The van der Waals surface area contributed by atoms with Crippen LogP contribution in [0.25, 0.3) is 11.3 Å². The second-order valence-corrected chi connectivity index (χ2v) is 7.40. The molecule has 0 aliphatic rings. The van der Waals surface area contributed by atoms with Crippen LogP contribution in [0.2, 0.25) is 0 Å². The highest BCUT2D eigenvalue weighted by molar-refractivity contribution is 5.76. The molecule has 0 saturated heterocycles. The van der Waals surface area contributed by atoms with E-state index in [4.69, 9.17) is 13.9 Å². The summed E-state index contributed by atoms with van der Waals surface area (Å²) < 4.78 is 16.5. The molecule has 2 N–H and O–H groups in total. The van der Waals surface area contributed by atoms with Gasteiger partial charge in [0, 0.05) is 24.9 Å². The quantitative estimate of drug-likeness (QED) is 0.512. The lowest BCUT2D eigenvalue weighted by atomic mass is 10.1. The van der Waals surface area contributed by atoms with Crippen molar-refractivity contribution in [1.29, 1.82) is 0 Å². The van der Waals surface area contributed by atoms with Crippen LogP contribution in [0.3, 0.4) is 0 Å². The highest BCUT2D eigenvalue weighted by Gasteiger charge is 2.12. The zero-order valence-electron chi connectivity index (χ0n) is 18.0. The zero-order valence-corrected chi connectivity index (χ0v) is 18.0. The lowest BCUT2D eigenvalue weighted by Gasteiger charge is -2.14. The molecule has 1 heterocycles. The molecule has 7 nitrogen and oxygen atoms in total. The number of methoxy groups -OCH3 is 1. The Morgan fingerprint density at radius 2 is 1.77 bits per heavy atom. The first kappa shape index (κ1) is 22.4. The Balaban J connectivity index is 1.44. The molecule has 0 bridgehead atoms. The number of aliphatic hydroxyl groups excluding tert-OH is 1. The van der Waals surface area contributed by atoms with Gasteiger partial charge in [-0.1, -0.05) is 12.1 Å². The van der Waals surface area contributed by atoms with Crippen molar-refractivity contribution in [3.8, 4) is 22.8 Å². The Bertz CT molecular complexity index is 964. The average Bonchev–Trinajstić information content (AvgIpc) is 3.25. The van der Waals surface area contributed by atoms with Crippen molar-refractivity contribution in [3.05, 3.63) is 66.2 Å². The van der Waals surface area contributed by atoms with E-state index >= 15 is 0 Å². The first-order chi connectivity index (χ1) is 14.9. The molecule has 0 saturated carbocycles. The van der Waals surface area contributed by atoms with E-state index in [9.17, 15) is 9.90 Å². The summed E-state index contributed by atoms with van der Waals surface area (Å²) in [5.74, 6) is 2.46. The molecule has 7 heteroatoms. The number of benzene rings is 2. The summed E-state index contributed by atoms with van der Waals surface area (Å²) >= 11 is 0. The van der Waals surface area contributed by atoms with Gasteiger partial charge in [0.25, 0.3) is 0 Å². The monoisotopic (exact) mass is 424 g/mol. The van der Waals surface area contributed by atoms with E-state index in [1.54, 1.807) is 25.4 Å². The first-order valence-corrected chi connectivity index (χ1v) is 10.2. The summed E-state index contributed by atoms with van der Waals surface area (Å²) in [6, 6.07) is 14.7. The van der Waals surface area contributed by atoms with Gasteiger partial charge in [-0.25, -0.2) is 4.98 Å². The van der Waals surface area contributed by atoms with Gasteiger partial charge in [-0.05, 0) is 55.8 Å². The van der Waals surface area contributed by atoms with Gasteiger partial charge in [0.1, 0.15) is 11.5 Å². The third kappa shape index (κ3) is 6.58. The molecule has 3 rings (SSSR count). The van der Waals surface area contributed by atoms with Crippen LogP contribution in [-0.2, 0) is 11.2 Å². The van der Waals surface area contributed by atoms with Gasteiger partial charge < -0.3 is 24.3 Å². The molecular formula is C24H28N2O5. The summed E-state index contributed by atoms with van der Waals surface area (Å²) in [5.41, 5.74) is 1.60. The number of ether oxygens (including phenoxy) is 2. The van der Waals surface area contributed by atoms with Crippen LogP contribution in [-0.4, -0.2) is 35.8 Å².